The van der Waals surface area contributed by atoms with Crippen molar-refractivity contribution in [1.82, 2.24) is 21.3 Å². The first-order valence-electron chi connectivity index (χ1n) is 15.6. The molecule has 3 atom stereocenters. The summed E-state index contributed by atoms with van der Waals surface area (Å²) in [7, 11) is -3.67. The van der Waals surface area contributed by atoms with Gasteiger partial charge >= 0.3 is 7.60 Å². The van der Waals surface area contributed by atoms with E-state index >= 15 is 0 Å². The maximum Gasteiger partial charge on any atom is 0.328 e. The minimum absolute atomic E-state index is 0.0129. The van der Waals surface area contributed by atoms with Gasteiger partial charge in [-0.3, -0.25) is 28.5 Å². The number of carbonyl (C=O) groups excluding carboxylic acids is 5. The number of ether oxygens (including phenoxy) is 2. The molecule has 11 N–H and O–H groups in total. The molecule has 0 heterocycles. The van der Waals surface area contributed by atoms with E-state index in [2.05, 4.69) is 30.9 Å². The van der Waals surface area contributed by atoms with Crippen LogP contribution in [-0.2, 0) is 52.2 Å². The van der Waals surface area contributed by atoms with Crippen molar-refractivity contribution in [3.8, 4) is 0 Å². The van der Waals surface area contributed by atoms with Gasteiger partial charge in [-0.2, -0.15) is 0 Å². The van der Waals surface area contributed by atoms with Crippen molar-refractivity contribution in [2.24, 2.45) is 23.4 Å². The Morgan fingerprint density at radius 1 is 0.787 bits per heavy atom. The molecule has 0 aromatic heterocycles. The van der Waals surface area contributed by atoms with E-state index in [9.17, 15) is 33.4 Å². The lowest BCUT2D eigenvalue weighted by Crippen LogP contribution is -2.51. The molecule has 5 amide bonds. The van der Waals surface area contributed by atoms with Gasteiger partial charge in [-0.15, -0.1) is 0 Å². The molecular formula is C27H52N7O12P. The Morgan fingerprint density at radius 2 is 1.30 bits per heavy atom. The lowest BCUT2D eigenvalue weighted by atomic mass is 9.86. The van der Waals surface area contributed by atoms with Gasteiger partial charge in [0.1, 0.15) is 12.1 Å². The molecule has 1 rings (SSSR count). The van der Waals surface area contributed by atoms with Crippen molar-refractivity contribution < 1.29 is 57.1 Å². The Hall–Kier alpha value is -2.74. The number of rotatable bonds is 26. The smallest absolute Gasteiger partial charge is 0.328 e. The predicted molar refractivity (Wildman–Crippen MR) is 167 cm³/mol. The van der Waals surface area contributed by atoms with Crippen LogP contribution in [0.25, 0.3) is 0 Å². The number of nitrogens with two attached hydrogens (primary N) is 3. The van der Waals surface area contributed by atoms with Crippen LogP contribution in [0.4, 0.5) is 0 Å². The third-order valence-corrected chi connectivity index (χ3v) is 8.59. The van der Waals surface area contributed by atoms with Crippen molar-refractivity contribution in [3.63, 3.8) is 0 Å². The van der Waals surface area contributed by atoms with Gasteiger partial charge in [0.2, 0.25) is 29.5 Å². The van der Waals surface area contributed by atoms with Gasteiger partial charge in [0, 0.05) is 38.0 Å². The fraction of sp³-hybridized carbons (Fsp3) is 0.815. The average molecular weight is 698 g/mol. The van der Waals surface area contributed by atoms with Crippen LogP contribution >= 0.6 is 7.60 Å². The first-order valence-corrected chi connectivity index (χ1v) is 17.4. The minimum Gasteiger partial charge on any atom is -0.377 e. The molecule has 1 fully saturated rings. The van der Waals surface area contributed by atoms with Crippen molar-refractivity contribution in [3.05, 3.63) is 0 Å². The summed E-state index contributed by atoms with van der Waals surface area (Å²) in [6, 6.07) is -2.18. The van der Waals surface area contributed by atoms with Crippen LogP contribution in [-0.4, -0.2) is 112 Å². The molecule has 3 unspecified atom stereocenters. The Bertz CT molecular complexity index is 1020. The monoisotopic (exact) mass is 697 g/mol. The number of amides is 5. The van der Waals surface area contributed by atoms with E-state index in [0.717, 1.165) is 0 Å². The van der Waals surface area contributed by atoms with E-state index in [1.165, 1.54) is 0 Å². The summed E-state index contributed by atoms with van der Waals surface area (Å²) in [5.41, 5.74) is 5.23. The standard InChI is InChI=1S/C27H52N7O12P/c1-2-47(40,41)46-20-5-3-19(4-6-20)25(37)34-22(27(39)32-12-14-43-16-18-45-30)8-10-24(36)33-21(7-9-23(28)35)26(38)31-11-13-42-15-17-44-29/h19-22H,2-18,29-30H2,1H3,(H2,28,35)(H,31,38)(H,32,39)(H,33,36)(H,34,37)(H,40,41). The molecule has 1 aliphatic carbocycles. The third kappa shape index (κ3) is 19.6. The minimum atomic E-state index is -3.67. The first-order chi connectivity index (χ1) is 22.4. The van der Waals surface area contributed by atoms with Gasteiger partial charge in [0.05, 0.1) is 45.7 Å². The summed E-state index contributed by atoms with van der Waals surface area (Å²) in [6.45, 7) is 2.87. The largest absolute Gasteiger partial charge is 0.377 e. The summed E-state index contributed by atoms with van der Waals surface area (Å²) in [4.78, 5) is 81.7. The maximum absolute atomic E-state index is 13.1. The molecule has 0 spiro atoms. The molecular weight excluding hydrogens is 645 g/mol. The number of hydrogen-bond acceptors (Lipinski definition) is 13. The summed E-state index contributed by atoms with van der Waals surface area (Å²) >= 11 is 0. The van der Waals surface area contributed by atoms with Gasteiger partial charge in [-0.05, 0) is 38.5 Å². The van der Waals surface area contributed by atoms with Crippen LogP contribution < -0.4 is 38.8 Å². The van der Waals surface area contributed by atoms with Crippen LogP contribution in [0.5, 0.6) is 0 Å². The van der Waals surface area contributed by atoms with E-state index in [4.69, 9.17) is 31.5 Å². The maximum atomic E-state index is 13.1. The highest BCUT2D eigenvalue weighted by Gasteiger charge is 2.33. The van der Waals surface area contributed by atoms with Crippen LogP contribution in [0.1, 0.15) is 58.3 Å². The number of primary amides is 1. The lowest BCUT2D eigenvalue weighted by Gasteiger charge is -2.30. The molecule has 0 aromatic carbocycles. The van der Waals surface area contributed by atoms with E-state index < -0.39 is 61.2 Å². The summed E-state index contributed by atoms with van der Waals surface area (Å²) in [6.07, 6.45) is 0.545. The van der Waals surface area contributed by atoms with E-state index in [1.807, 2.05) is 0 Å². The molecule has 19 nitrogen and oxygen atoms in total. The van der Waals surface area contributed by atoms with Crippen LogP contribution in [0, 0.1) is 5.92 Å². The Labute approximate surface area is 274 Å². The second-order valence-electron chi connectivity index (χ2n) is 10.8. The van der Waals surface area contributed by atoms with Crippen molar-refractivity contribution >= 4 is 37.1 Å². The van der Waals surface area contributed by atoms with Crippen molar-refractivity contribution in [2.75, 3.05) is 58.9 Å². The highest BCUT2D eigenvalue weighted by atomic mass is 31.2. The van der Waals surface area contributed by atoms with Gasteiger partial charge in [-0.25, -0.2) is 11.8 Å². The van der Waals surface area contributed by atoms with Crippen molar-refractivity contribution in [2.45, 2.75) is 76.5 Å². The average Bonchev–Trinajstić information content (AvgIpc) is 3.04. The zero-order valence-electron chi connectivity index (χ0n) is 26.9. The predicted octanol–water partition coefficient (Wildman–Crippen LogP) is -2.17. The molecule has 1 aliphatic rings. The molecule has 47 heavy (non-hydrogen) atoms. The Balaban J connectivity index is 2.79. The summed E-state index contributed by atoms with van der Waals surface area (Å²) < 4.78 is 27.8. The van der Waals surface area contributed by atoms with Crippen LogP contribution in [0.2, 0.25) is 0 Å². The van der Waals surface area contributed by atoms with E-state index in [0.29, 0.717) is 25.7 Å². The topological polar surface area (TPSA) is 295 Å². The second kappa shape index (κ2) is 24.4. The van der Waals surface area contributed by atoms with Gasteiger partial charge in [0.25, 0.3) is 0 Å². The second-order valence-corrected chi connectivity index (χ2v) is 12.9. The molecule has 272 valence electrons. The highest BCUT2D eigenvalue weighted by molar-refractivity contribution is 7.52. The zero-order valence-corrected chi connectivity index (χ0v) is 27.8. The molecule has 0 saturated heterocycles. The summed E-state index contributed by atoms with van der Waals surface area (Å²) in [5.74, 6) is 6.65. The van der Waals surface area contributed by atoms with Gasteiger partial charge in [-0.1, -0.05) is 6.92 Å². The lowest BCUT2D eigenvalue weighted by molar-refractivity contribution is -0.133. The molecule has 0 aromatic rings. The highest BCUT2D eigenvalue weighted by Crippen LogP contribution is 2.45. The van der Waals surface area contributed by atoms with Crippen LogP contribution in [0.3, 0.4) is 0 Å². The number of nitrogens with one attached hydrogen (secondary N) is 4. The van der Waals surface area contributed by atoms with Gasteiger partial charge in [0.15, 0.2) is 0 Å². The number of carbonyl (C=O) groups is 5. The zero-order chi connectivity index (χ0) is 35.1. The normalized spacial score (nSPS) is 18.7. The molecule has 0 radical (unpaired) electrons. The molecule has 0 aliphatic heterocycles. The molecule has 1 saturated carbocycles. The SMILES string of the molecule is CCP(=O)(O)OC1CCC(C(=O)NC(CCC(=O)NC(CCC(N)=O)C(=O)NCCOCCON)C(=O)NCCOCCON)CC1. The first kappa shape index (κ1) is 42.3. The fourth-order valence-corrected chi connectivity index (χ4v) is 5.38. The molecule has 20 heteroatoms. The van der Waals surface area contributed by atoms with Crippen molar-refractivity contribution in [1.29, 1.82) is 0 Å². The third-order valence-electron chi connectivity index (χ3n) is 7.16. The van der Waals surface area contributed by atoms with E-state index in [1.54, 1.807) is 6.92 Å². The van der Waals surface area contributed by atoms with E-state index in [-0.39, 0.29) is 84.6 Å². The quantitative estimate of drug-likeness (QED) is 0.0271. The Kier molecular flexibility index (Phi) is 22.0. The fourth-order valence-electron chi connectivity index (χ4n) is 4.55. The Morgan fingerprint density at radius 3 is 1.79 bits per heavy atom. The summed E-state index contributed by atoms with van der Waals surface area (Å²) in [5, 5.41) is 10.5. The molecule has 0 bridgehead atoms. The van der Waals surface area contributed by atoms with Crippen LogP contribution in [0.15, 0.2) is 0 Å². The number of hydrogen-bond donors (Lipinski definition) is 8. The van der Waals surface area contributed by atoms with Gasteiger partial charge < -0.3 is 55.6 Å².